The van der Waals surface area contributed by atoms with Crippen molar-refractivity contribution < 1.29 is 18.3 Å². The van der Waals surface area contributed by atoms with Crippen molar-refractivity contribution in [2.24, 2.45) is 5.73 Å². The molecule has 0 radical (unpaired) electrons. The van der Waals surface area contributed by atoms with Gasteiger partial charge >= 0.3 is 0 Å². The van der Waals surface area contributed by atoms with Gasteiger partial charge in [-0.15, -0.1) is 0 Å². The molecule has 0 aliphatic carbocycles. The molecule has 1 aromatic rings. The van der Waals surface area contributed by atoms with Crippen LogP contribution in [0.25, 0.3) is 0 Å². The third kappa shape index (κ3) is 2.94. The predicted molar refractivity (Wildman–Crippen MR) is 50.0 cm³/mol. The summed E-state index contributed by atoms with van der Waals surface area (Å²) in [6, 6.07) is 2.28. The third-order valence-corrected chi connectivity index (χ3v) is 2.11. The molecule has 1 aromatic carbocycles. The summed E-state index contributed by atoms with van der Waals surface area (Å²) < 4.78 is 37.8. The van der Waals surface area contributed by atoms with Crippen molar-refractivity contribution in [3.8, 4) is 0 Å². The summed E-state index contributed by atoms with van der Waals surface area (Å²) >= 11 is 0. The van der Waals surface area contributed by atoms with Gasteiger partial charge in [-0.3, -0.25) is 0 Å². The quantitative estimate of drug-likeness (QED) is 0.815. The van der Waals surface area contributed by atoms with Gasteiger partial charge in [-0.2, -0.15) is 0 Å². The van der Waals surface area contributed by atoms with Crippen LogP contribution in [0.15, 0.2) is 18.2 Å². The number of hydrogen-bond acceptors (Lipinski definition) is 2. The molecule has 0 fully saturated rings. The second-order valence-corrected chi connectivity index (χ2v) is 3.20. The highest BCUT2D eigenvalue weighted by Gasteiger charge is 2.15. The molecule has 0 saturated carbocycles. The van der Waals surface area contributed by atoms with Crippen molar-refractivity contribution in [2.75, 3.05) is 6.61 Å². The van der Waals surface area contributed by atoms with E-state index >= 15 is 0 Å². The number of halogens is 3. The molecule has 0 aliphatic rings. The highest BCUT2D eigenvalue weighted by molar-refractivity contribution is 5.28. The standard InChI is InChI=1S/C10H12F3NO/c11-8-2-1-6(10(12)13)5-7(8)9(14)3-4-15/h1-2,5,9-10,15H,3-4,14H2. The number of hydrogen-bond donors (Lipinski definition) is 2. The van der Waals surface area contributed by atoms with Crippen LogP contribution in [-0.2, 0) is 0 Å². The van der Waals surface area contributed by atoms with E-state index in [9.17, 15) is 13.2 Å². The zero-order chi connectivity index (χ0) is 11.4. The molecule has 1 rings (SSSR count). The number of aliphatic hydroxyl groups is 1. The first-order valence-electron chi connectivity index (χ1n) is 4.50. The summed E-state index contributed by atoms with van der Waals surface area (Å²) in [5, 5.41) is 8.62. The van der Waals surface area contributed by atoms with Crippen molar-refractivity contribution in [1.82, 2.24) is 0 Å². The molecule has 0 bridgehead atoms. The second-order valence-electron chi connectivity index (χ2n) is 3.20. The Bertz CT molecular complexity index is 330. The van der Waals surface area contributed by atoms with Crippen LogP contribution in [0.4, 0.5) is 13.2 Å². The molecule has 0 spiro atoms. The lowest BCUT2D eigenvalue weighted by Crippen LogP contribution is -2.14. The predicted octanol–water partition coefficient (Wildman–Crippen LogP) is 2.15. The fourth-order valence-corrected chi connectivity index (χ4v) is 1.28. The average Bonchev–Trinajstić information content (AvgIpc) is 2.18. The Kier molecular flexibility index (Phi) is 4.11. The van der Waals surface area contributed by atoms with Crippen molar-refractivity contribution in [3.63, 3.8) is 0 Å². The normalized spacial score (nSPS) is 13.2. The van der Waals surface area contributed by atoms with E-state index in [1.165, 1.54) is 0 Å². The smallest absolute Gasteiger partial charge is 0.263 e. The van der Waals surface area contributed by atoms with Gasteiger partial charge < -0.3 is 10.8 Å². The first-order valence-corrected chi connectivity index (χ1v) is 4.50. The van der Waals surface area contributed by atoms with E-state index in [2.05, 4.69) is 0 Å². The van der Waals surface area contributed by atoms with E-state index in [4.69, 9.17) is 10.8 Å². The van der Waals surface area contributed by atoms with Gasteiger partial charge in [-0.1, -0.05) is 6.07 Å². The molecular formula is C10H12F3NO. The molecule has 5 heteroatoms. The van der Waals surface area contributed by atoms with Gasteiger partial charge in [0.15, 0.2) is 0 Å². The van der Waals surface area contributed by atoms with E-state index in [0.717, 1.165) is 18.2 Å². The van der Waals surface area contributed by atoms with Crippen LogP contribution in [0.2, 0.25) is 0 Å². The zero-order valence-corrected chi connectivity index (χ0v) is 7.96. The lowest BCUT2D eigenvalue weighted by molar-refractivity contribution is 0.151. The maximum atomic E-state index is 13.2. The van der Waals surface area contributed by atoms with Crippen molar-refractivity contribution in [2.45, 2.75) is 18.9 Å². The number of rotatable bonds is 4. The molecule has 1 atom stereocenters. The van der Waals surface area contributed by atoms with Gasteiger partial charge in [-0.25, -0.2) is 13.2 Å². The molecule has 0 heterocycles. The van der Waals surface area contributed by atoms with E-state index in [-0.39, 0.29) is 24.2 Å². The van der Waals surface area contributed by atoms with Crippen LogP contribution in [0, 0.1) is 5.82 Å². The Labute approximate surface area is 85.5 Å². The minimum absolute atomic E-state index is 0.0156. The molecule has 0 amide bonds. The SMILES string of the molecule is NC(CCO)c1cc(C(F)F)ccc1F. The van der Waals surface area contributed by atoms with Crippen LogP contribution in [-0.4, -0.2) is 11.7 Å². The number of benzene rings is 1. The van der Waals surface area contributed by atoms with Crippen LogP contribution in [0.5, 0.6) is 0 Å². The fourth-order valence-electron chi connectivity index (χ4n) is 1.28. The monoisotopic (exact) mass is 219 g/mol. The number of nitrogens with two attached hydrogens (primary N) is 1. The van der Waals surface area contributed by atoms with Gasteiger partial charge in [0.25, 0.3) is 6.43 Å². The van der Waals surface area contributed by atoms with Gasteiger partial charge in [0.2, 0.25) is 0 Å². The maximum Gasteiger partial charge on any atom is 0.263 e. The van der Waals surface area contributed by atoms with Gasteiger partial charge in [0, 0.05) is 23.8 Å². The van der Waals surface area contributed by atoms with Crippen molar-refractivity contribution in [1.29, 1.82) is 0 Å². The van der Waals surface area contributed by atoms with Crippen LogP contribution >= 0.6 is 0 Å². The van der Waals surface area contributed by atoms with Crippen molar-refractivity contribution in [3.05, 3.63) is 35.1 Å². The Hall–Kier alpha value is -1.07. The Balaban J connectivity index is 2.99. The minimum atomic E-state index is -2.65. The highest BCUT2D eigenvalue weighted by atomic mass is 19.3. The summed E-state index contributed by atoms with van der Waals surface area (Å²) in [5.74, 6) is -0.625. The molecule has 1 unspecified atom stereocenters. The van der Waals surface area contributed by atoms with Crippen LogP contribution in [0.1, 0.15) is 30.0 Å². The summed E-state index contributed by atoms with van der Waals surface area (Å²) in [6.45, 7) is -0.209. The zero-order valence-electron chi connectivity index (χ0n) is 7.96. The lowest BCUT2D eigenvalue weighted by Gasteiger charge is -2.12. The topological polar surface area (TPSA) is 46.2 Å². The maximum absolute atomic E-state index is 13.2. The molecule has 2 nitrogen and oxygen atoms in total. The largest absolute Gasteiger partial charge is 0.396 e. The second kappa shape index (κ2) is 5.14. The Morgan fingerprint density at radius 3 is 2.53 bits per heavy atom. The van der Waals surface area contributed by atoms with Gasteiger partial charge in [0.05, 0.1) is 0 Å². The summed E-state index contributed by atoms with van der Waals surface area (Å²) in [7, 11) is 0. The van der Waals surface area contributed by atoms with Gasteiger partial charge in [-0.05, 0) is 18.6 Å². The highest BCUT2D eigenvalue weighted by Crippen LogP contribution is 2.25. The molecule has 0 aromatic heterocycles. The summed E-state index contributed by atoms with van der Waals surface area (Å²) in [6.07, 6.45) is -2.51. The molecule has 0 aliphatic heterocycles. The third-order valence-electron chi connectivity index (χ3n) is 2.11. The minimum Gasteiger partial charge on any atom is -0.396 e. The first-order chi connectivity index (χ1) is 7.06. The Morgan fingerprint density at radius 2 is 2.00 bits per heavy atom. The van der Waals surface area contributed by atoms with Gasteiger partial charge in [0.1, 0.15) is 5.82 Å². The Morgan fingerprint density at radius 1 is 1.33 bits per heavy atom. The fraction of sp³-hybridized carbons (Fsp3) is 0.400. The first kappa shape index (κ1) is 12.0. The molecule has 15 heavy (non-hydrogen) atoms. The number of aliphatic hydroxyl groups excluding tert-OH is 1. The molecule has 0 saturated heterocycles. The summed E-state index contributed by atoms with van der Waals surface area (Å²) in [4.78, 5) is 0. The van der Waals surface area contributed by atoms with E-state index in [1.54, 1.807) is 0 Å². The van der Waals surface area contributed by atoms with E-state index in [1.807, 2.05) is 0 Å². The average molecular weight is 219 g/mol. The lowest BCUT2D eigenvalue weighted by atomic mass is 10.0. The number of alkyl halides is 2. The van der Waals surface area contributed by atoms with Crippen molar-refractivity contribution >= 4 is 0 Å². The van der Waals surface area contributed by atoms with E-state index < -0.39 is 18.3 Å². The van der Waals surface area contributed by atoms with E-state index in [0.29, 0.717) is 0 Å². The summed E-state index contributed by atoms with van der Waals surface area (Å²) in [5.41, 5.74) is 5.28. The van der Waals surface area contributed by atoms with Crippen LogP contribution < -0.4 is 5.73 Å². The molecular weight excluding hydrogens is 207 g/mol. The molecule has 3 N–H and O–H groups in total. The molecule has 84 valence electrons. The van der Waals surface area contributed by atoms with Crippen LogP contribution in [0.3, 0.4) is 0 Å².